The number of carboxylic acids is 1. The molecule has 1 aliphatic rings. The molecule has 0 aromatic heterocycles. The Balaban J connectivity index is 2.79. The summed E-state index contributed by atoms with van der Waals surface area (Å²) in [4.78, 5) is 23.4. The lowest BCUT2D eigenvalue weighted by atomic mass is 9.77. The lowest BCUT2D eigenvalue weighted by Crippen LogP contribution is -2.50. The predicted molar refractivity (Wildman–Crippen MR) is 91.8 cm³/mol. The van der Waals surface area contributed by atoms with Gasteiger partial charge in [0.15, 0.2) is 5.71 Å². The number of nitrogens with one attached hydrogen (secondary N) is 1. The van der Waals surface area contributed by atoms with Crippen molar-refractivity contribution in [2.45, 2.75) is 24.9 Å². The maximum Gasteiger partial charge on any atom is 0.478 e. The van der Waals surface area contributed by atoms with Crippen molar-refractivity contribution in [2.24, 2.45) is 5.16 Å². The molecule has 0 aromatic carbocycles. The lowest BCUT2D eigenvalue weighted by molar-refractivity contribution is -0.138. The van der Waals surface area contributed by atoms with Crippen molar-refractivity contribution in [3.63, 3.8) is 0 Å². The molecule has 1 aliphatic heterocycles. The van der Waals surface area contributed by atoms with Gasteiger partial charge in [-0.3, -0.25) is 9.59 Å². The topological polar surface area (TPSA) is 128 Å². The van der Waals surface area contributed by atoms with Crippen LogP contribution in [0, 0.1) is 0 Å². The average Bonchev–Trinajstić information content (AvgIpc) is 2.68. The van der Waals surface area contributed by atoms with Gasteiger partial charge in [-0.1, -0.05) is 30.0 Å². The number of oxime groups is 1. The van der Waals surface area contributed by atoms with Gasteiger partial charge in [-0.2, -0.15) is 0 Å². The van der Waals surface area contributed by atoms with Gasteiger partial charge in [0.05, 0.1) is 18.5 Å². The van der Waals surface area contributed by atoms with Gasteiger partial charge < -0.3 is 25.3 Å². The van der Waals surface area contributed by atoms with Crippen LogP contribution in [0.15, 0.2) is 40.9 Å². The van der Waals surface area contributed by atoms with Gasteiger partial charge in [0.1, 0.15) is 0 Å². The average molecular weight is 354 g/mol. The molecule has 1 rings (SSSR count). The Morgan fingerprint density at radius 2 is 2.29 bits per heavy atom. The zero-order chi connectivity index (χ0) is 18.1. The van der Waals surface area contributed by atoms with E-state index in [2.05, 4.69) is 17.1 Å². The molecule has 0 saturated heterocycles. The Labute approximate surface area is 144 Å². The van der Waals surface area contributed by atoms with E-state index >= 15 is 0 Å². The van der Waals surface area contributed by atoms with Crippen molar-refractivity contribution in [1.29, 1.82) is 0 Å². The standard InChI is InChI=1S/C14H19BN2O6S/c1-3-5-10(24-2)13(17-22)14(20)16-11-7-4-6-9(8-12(18)19)23-15(11)21/h3-6,9,11,21-22H,1,7-8H2,2H3,(H,16,20)(H,18,19)/b10-5-,17-13-/t9-,11+/m1/s1. The Hall–Kier alpha value is -2.04. The van der Waals surface area contributed by atoms with E-state index in [-0.39, 0.29) is 18.6 Å². The third-order valence-electron chi connectivity index (χ3n) is 3.13. The molecule has 2 atom stereocenters. The Kier molecular flexibility index (Phi) is 8.30. The molecule has 0 unspecified atom stereocenters. The number of carbonyl (C=O) groups is 2. The second-order valence-corrected chi connectivity index (χ2v) is 5.67. The van der Waals surface area contributed by atoms with E-state index in [4.69, 9.17) is 15.0 Å². The highest BCUT2D eigenvalue weighted by Crippen LogP contribution is 2.16. The van der Waals surface area contributed by atoms with E-state index < -0.39 is 31.0 Å². The number of amides is 1. The van der Waals surface area contributed by atoms with Gasteiger partial charge in [-0.25, -0.2) is 0 Å². The van der Waals surface area contributed by atoms with Crippen LogP contribution in [-0.2, 0) is 14.2 Å². The van der Waals surface area contributed by atoms with Gasteiger partial charge in [0.25, 0.3) is 5.91 Å². The van der Waals surface area contributed by atoms with Crippen LogP contribution in [-0.4, -0.2) is 58.3 Å². The Morgan fingerprint density at radius 3 is 2.83 bits per heavy atom. The molecule has 0 spiro atoms. The molecule has 24 heavy (non-hydrogen) atoms. The second kappa shape index (κ2) is 9.96. The molecule has 130 valence electrons. The maximum absolute atomic E-state index is 12.3. The number of hydrogen-bond donors (Lipinski definition) is 4. The van der Waals surface area contributed by atoms with E-state index in [0.717, 1.165) is 0 Å². The minimum absolute atomic E-state index is 0.218. The van der Waals surface area contributed by atoms with Crippen LogP contribution in [0.3, 0.4) is 0 Å². The summed E-state index contributed by atoms with van der Waals surface area (Å²) in [5.74, 6) is -2.57. The summed E-state index contributed by atoms with van der Waals surface area (Å²) < 4.78 is 5.22. The van der Waals surface area contributed by atoms with E-state index in [0.29, 0.717) is 4.91 Å². The summed E-state index contributed by atoms with van der Waals surface area (Å²) in [6.45, 7) is 3.52. The first-order valence-electron chi connectivity index (χ1n) is 7.04. The summed E-state index contributed by atoms with van der Waals surface area (Å²) in [5, 5.41) is 33.4. The largest absolute Gasteiger partial charge is 0.481 e. The number of carbonyl (C=O) groups excluding carboxylic acids is 1. The number of thioether (sulfide) groups is 1. The highest BCUT2D eigenvalue weighted by atomic mass is 32.2. The van der Waals surface area contributed by atoms with Crippen LogP contribution in [0.4, 0.5) is 0 Å². The van der Waals surface area contributed by atoms with Crippen molar-refractivity contribution < 1.29 is 29.6 Å². The first-order valence-corrected chi connectivity index (χ1v) is 8.27. The highest BCUT2D eigenvalue weighted by Gasteiger charge is 2.33. The smallest absolute Gasteiger partial charge is 0.478 e. The Bertz CT molecular complexity index is 578. The highest BCUT2D eigenvalue weighted by molar-refractivity contribution is 8.03. The molecule has 0 bridgehead atoms. The van der Waals surface area contributed by atoms with Gasteiger partial charge in [0.2, 0.25) is 0 Å². The van der Waals surface area contributed by atoms with Gasteiger partial charge in [0, 0.05) is 4.91 Å². The predicted octanol–water partition coefficient (Wildman–Crippen LogP) is 0.574. The van der Waals surface area contributed by atoms with Crippen molar-refractivity contribution >= 4 is 36.5 Å². The first-order chi connectivity index (χ1) is 11.4. The van der Waals surface area contributed by atoms with E-state index in [1.807, 2.05) is 0 Å². The third-order valence-corrected chi connectivity index (χ3v) is 3.90. The van der Waals surface area contributed by atoms with E-state index in [9.17, 15) is 14.6 Å². The number of aliphatic carboxylic acids is 1. The molecule has 0 aromatic rings. The minimum atomic E-state index is -1.39. The third kappa shape index (κ3) is 5.87. The fourth-order valence-electron chi connectivity index (χ4n) is 2.03. The number of hydrogen-bond acceptors (Lipinski definition) is 7. The Morgan fingerprint density at radius 1 is 1.58 bits per heavy atom. The van der Waals surface area contributed by atoms with Crippen molar-refractivity contribution in [3.05, 3.63) is 35.8 Å². The number of nitrogens with zero attached hydrogens (tertiary/aromatic N) is 1. The molecule has 0 fully saturated rings. The summed E-state index contributed by atoms with van der Waals surface area (Å²) in [5.41, 5.74) is -0.218. The molecule has 8 nitrogen and oxygen atoms in total. The molecule has 0 radical (unpaired) electrons. The van der Waals surface area contributed by atoms with Crippen LogP contribution >= 0.6 is 11.8 Å². The number of rotatable bonds is 7. The fraction of sp³-hybridized carbons (Fsp3) is 0.357. The van der Waals surface area contributed by atoms with Gasteiger partial charge in [-0.15, -0.1) is 11.8 Å². The molecular weight excluding hydrogens is 335 g/mol. The summed E-state index contributed by atoms with van der Waals surface area (Å²) in [7, 11) is -1.39. The van der Waals surface area contributed by atoms with Gasteiger partial charge in [-0.05, 0) is 18.8 Å². The monoisotopic (exact) mass is 354 g/mol. The van der Waals surface area contributed by atoms with Crippen molar-refractivity contribution in [1.82, 2.24) is 5.32 Å². The molecule has 1 heterocycles. The zero-order valence-corrected chi connectivity index (χ0v) is 13.9. The minimum Gasteiger partial charge on any atom is -0.481 e. The zero-order valence-electron chi connectivity index (χ0n) is 13.1. The molecule has 4 N–H and O–H groups in total. The van der Waals surface area contributed by atoms with E-state index in [1.54, 1.807) is 12.3 Å². The van der Waals surface area contributed by atoms with Crippen LogP contribution in [0.5, 0.6) is 0 Å². The quantitative estimate of drug-likeness (QED) is 0.131. The van der Waals surface area contributed by atoms with Crippen LogP contribution in [0.2, 0.25) is 0 Å². The van der Waals surface area contributed by atoms with Crippen molar-refractivity contribution in [2.75, 3.05) is 6.26 Å². The molecule has 0 aliphatic carbocycles. The number of carboxylic acid groups (broad SMARTS) is 1. The van der Waals surface area contributed by atoms with Crippen LogP contribution < -0.4 is 5.32 Å². The first kappa shape index (κ1) is 20.0. The molecule has 10 heteroatoms. The maximum atomic E-state index is 12.3. The lowest BCUT2D eigenvalue weighted by Gasteiger charge is -2.20. The molecular formula is C14H19BN2O6S. The summed E-state index contributed by atoms with van der Waals surface area (Å²) in [6.07, 6.45) is 6.98. The SMILES string of the molecule is C=C/C=C(SC)/C(=N/O)C(=O)N[C@H]1CC=C[C@H](CC(=O)O)OB1O. The normalized spacial score (nSPS) is 22.0. The number of allylic oxidation sites excluding steroid dienone is 2. The van der Waals surface area contributed by atoms with Crippen LogP contribution in [0.25, 0.3) is 0 Å². The van der Waals surface area contributed by atoms with E-state index in [1.165, 1.54) is 30.0 Å². The fourth-order valence-corrected chi connectivity index (χ4v) is 2.58. The summed E-state index contributed by atoms with van der Waals surface area (Å²) in [6, 6.07) is 0. The van der Waals surface area contributed by atoms with Crippen LogP contribution in [0.1, 0.15) is 12.8 Å². The summed E-state index contributed by atoms with van der Waals surface area (Å²) >= 11 is 1.19. The van der Waals surface area contributed by atoms with Crippen molar-refractivity contribution in [3.8, 4) is 0 Å². The van der Waals surface area contributed by atoms with Gasteiger partial charge >= 0.3 is 13.1 Å². The molecule has 0 saturated carbocycles. The second-order valence-electron chi connectivity index (χ2n) is 4.83. The molecule has 1 amide bonds.